The molecule has 1 aliphatic rings. The third-order valence-electron chi connectivity index (χ3n) is 5.33. The van der Waals surface area contributed by atoms with Crippen molar-refractivity contribution in [3.8, 4) is 5.82 Å². The molecule has 1 N–H and O–H groups in total. The maximum absolute atomic E-state index is 13.2. The minimum atomic E-state index is -3.77. The molecule has 2 heterocycles. The summed E-state index contributed by atoms with van der Waals surface area (Å²) < 4.78 is 30.8. The normalized spacial score (nSPS) is 15.8. The van der Waals surface area contributed by atoms with E-state index in [0.717, 1.165) is 24.8 Å². The maximum atomic E-state index is 13.2. The highest BCUT2D eigenvalue weighted by molar-refractivity contribution is 7.89. The number of benzene rings is 1. The van der Waals surface area contributed by atoms with Crippen LogP contribution >= 0.6 is 23.2 Å². The predicted molar refractivity (Wildman–Crippen MR) is 113 cm³/mol. The highest BCUT2D eigenvalue weighted by Gasteiger charge is 2.42. The zero-order chi connectivity index (χ0) is 20.6. The molecule has 2 aromatic heterocycles. The quantitative estimate of drug-likeness (QED) is 0.606. The smallest absolute Gasteiger partial charge is 0.237 e. The Labute approximate surface area is 179 Å². The molecular weight excluding hydrogens is 431 g/mol. The lowest BCUT2D eigenvalue weighted by Crippen LogP contribution is -2.54. The van der Waals surface area contributed by atoms with Crippen molar-refractivity contribution in [2.24, 2.45) is 0 Å². The van der Waals surface area contributed by atoms with Gasteiger partial charge in [0.15, 0.2) is 5.82 Å². The zero-order valence-corrected chi connectivity index (χ0v) is 18.1. The second-order valence-corrected chi connectivity index (χ2v) is 9.84. The van der Waals surface area contributed by atoms with Gasteiger partial charge in [-0.3, -0.25) is 0 Å². The van der Waals surface area contributed by atoms with Crippen molar-refractivity contribution in [3.05, 3.63) is 70.1 Å². The first kappa shape index (κ1) is 20.3. The van der Waals surface area contributed by atoms with Gasteiger partial charge in [-0.15, -0.1) is 0 Å². The number of rotatable bonds is 6. The van der Waals surface area contributed by atoms with E-state index in [9.17, 15) is 8.42 Å². The molecule has 1 aliphatic carbocycles. The summed E-state index contributed by atoms with van der Waals surface area (Å²) in [6, 6.07) is 10.7. The van der Waals surface area contributed by atoms with Crippen molar-refractivity contribution in [1.29, 1.82) is 0 Å². The van der Waals surface area contributed by atoms with Crippen LogP contribution in [0.25, 0.3) is 5.82 Å². The number of nitrogens with one attached hydrogen (secondary N) is 1. The van der Waals surface area contributed by atoms with Gasteiger partial charge in [0.25, 0.3) is 0 Å². The van der Waals surface area contributed by atoms with Crippen LogP contribution in [0.2, 0.25) is 10.0 Å². The first-order chi connectivity index (χ1) is 13.8. The molecule has 1 fully saturated rings. The molecule has 0 spiro atoms. The third-order valence-corrected chi connectivity index (χ3v) is 7.59. The van der Waals surface area contributed by atoms with Gasteiger partial charge in [-0.05, 0) is 62.4 Å². The number of pyridine rings is 1. The molecule has 9 heteroatoms. The zero-order valence-electron chi connectivity index (χ0n) is 15.8. The summed E-state index contributed by atoms with van der Waals surface area (Å²) in [6.45, 7) is 1.72. The largest absolute Gasteiger partial charge is 0.244 e. The summed E-state index contributed by atoms with van der Waals surface area (Å²) in [5.74, 6) is 0.567. The fourth-order valence-corrected chi connectivity index (χ4v) is 5.75. The summed E-state index contributed by atoms with van der Waals surface area (Å²) >= 11 is 12.3. The topological polar surface area (TPSA) is 76.9 Å². The van der Waals surface area contributed by atoms with Crippen LogP contribution in [0.4, 0.5) is 0 Å². The van der Waals surface area contributed by atoms with Crippen LogP contribution in [0, 0.1) is 6.92 Å². The Balaban J connectivity index is 1.61. The lowest BCUT2D eigenvalue weighted by Gasteiger charge is -2.42. The SMILES string of the molecule is Cc1c(S(=O)(=O)NC2(Cc3ccc(Cl)cc3Cl)CCC2)cnn1-c1ccccn1. The van der Waals surface area contributed by atoms with Crippen molar-refractivity contribution >= 4 is 33.2 Å². The molecule has 152 valence electrons. The molecule has 1 saturated carbocycles. The van der Waals surface area contributed by atoms with Gasteiger partial charge >= 0.3 is 0 Å². The fourth-order valence-electron chi connectivity index (χ4n) is 3.66. The van der Waals surface area contributed by atoms with E-state index in [-0.39, 0.29) is 4.90 Å². The first-order valence-electron chi connectivity index (χ1n) is 9.24. The van der Waals surface area contributed by atoms with Gasteiger partial charge in [0, 0.05) is 21.8 Å². The van der Waals surface area contributed by atoms with Gasteiger partial charge < -0.3 is 0 Å². The average Bonchev–Trinajstić information content (AvgIpc) is 3.05. The van der Waals surface area contributed by atoms with Crippen molar-refractivity contribution in [3.63, 3.8) is 0 Å². The second-order valence-electron chi connectivity index (χ2n) is 7.35. The lowest BCUT2D eigenvalue weighted by atomic mass is 9.74. The Bertz CT molecular complexity index is 1140. The van der Waals surface area contributed by atoms with Crippen molar-refractivity contribution in [2.45, 2.75) is 43.0 Å². The van der Waals surface area contributed by atoms with E-state index in [1.807, 2.05) is 12.1 Å². The van der Waals surface area contributed by atoms with E-state index in [2.05, 4.69) is 14.8 Å². The number of hydrogen-bond acceptors (Lipinski definition) is 4. The Hall–Kier alpha value is -1.93. The maximum Gasteiger partial charge on any atom is 0.244 e. The molecule has 4 rings (SSSR count). The van der Waals surface area contributed by atoms with Crippen LogP contribution in [0.3, 0.4) is 0 Å². The van der Waals surface area contributed by atoms with E-state index >= 15 is 0 Å². The summed E-state index contributed by atoms with van der Waals surface area (Å²) in [5, 5.41) is 5.33. The first-order valence-corrected chi connectivity index (χ1v) is 11.5. The van der Waals surface area contributed by atoms with Gasteiger partial charge in [0.05, 0.1) is 11.9 Å². The van der Waals surface area contributed by atoms with Crippen LogP contribution in [0.15, 0.2) is 53.7 Å². The van der Waals surface area contributed by atoms with Crippen LogP contribution < -0.4 is 4.72 Å². The van der Waals surface area contributed by atoms with E-state index in [1.54, 1.807) is 37.4 Å². The molecule has 0 radical (unpaired) electrons. The summed E-state index contributed by atoms with van der Waals surface area (Å²) in [7, 11) is -3.77. The van der Waals surface area contributed by atoms with E-state index in [0.29, 0.717) is 28.0 Å². The highest BCUT2D eigenvalue weighted by Crippen LogP contribution is 2.38. The van der Waals surface area contributed by atoms with Crippen molar-refractivity contribution < 1.29 is 8.42 Å². The second kappa shape index (κ2) is 7.72. The van der Waals surface area contributed by atoms with Crippen LogP contribution in [-0.2, 0) is 16.4 Å². The molecular formula is C20H20Cl2N4O2S. The van der Waals surface area contributed by atoms with E-state index in [1.165, 1.54) is 10.9 Å². The molecule has 0 aliphatic heterocycles. The number of hydrogen-bond donors (Lipinski definition) is 1. The molecule has 29 heavy (non-hydrogen) atoms. The molecule has 0 amide bonds. The third kappa shape index (κ3) is 4.05. The Morgan fingerprint density at radius 3 is 2.62 bits per heavy atom. The monoisotopic (exact) mass is 450 g/mol. The summed E-state index contributed by atoms with van der Waals surface area (Å²) in [5.41, 5.74) is 0.824. The molecule has 0 atom stereocenters. The Morgan fingerprint density at radius 1 is 1.21 bits per heavy atom. The molecule has 1 aromatic carbocycles. The van der Waals surface area contributed by atoms with E-state index in [4.69, 9.17) is 23.2 Å². The molecule has 3 aromatic rings. The minimum absolute atomic E-state index is 0.150. The van der Waals surface area contributed by atoms with Gasteiger partial charge in [-0.2, -0.15) is 5.10 Å². The van der Waals surface area contributed by atoms with Crippen molar-refractivity contribution in [1.82, 2.24) is 19.5 Å². The van der Waals surface area contributed by atoms with Crippen LogP contribution in [0.1, 0.15) is 30.5 Å². The standard InChI is InChI=1S/C20H20Cl2N4O2S/c1-14-18(13-24-26(14)19-5-2-3-10-23-19)29(27,28)25-20(8-4-9-20)12-15-6-7-16(21)11-17(15)22/h2-3,5-7,10-11,13,25H,4,8-9,12H2,1H3. The van der Waals surface area contributed by atoms with Crippen LogP contribution in [-0.4, -0.2) is 28.7 Å². The van der Waals surface area contributed by atoms with Gasteiger partial charge in [0.1, 0.15) is 4.90 Å². The number of nitrogens with zero attached hydrogens (tertiary/aromatic N) is 3. The molecule has 0 bridgehead atoms. The lowest BCUT2D eigenvalue weighted by molar-refractivity contribution is 0.220. The fraction of sp³-hybridized carbons (Fsp3) is 0.300. The Morgan fingerprint density at radius 2 is 2.00 bits per heavy atom. The number of aromatic nitrogens is 3. The number of sulfonamides is 1. The van der Waals surface area contributed by atoms with Crippen molar-refractivity contribution in [2.75, 3.05) is 0 Å². The number of halogens is 2. The highest BCUT2D eigenvalue weighted by atomic mass is 35.5. The molecule has 0 unspecified atom stereocenters. The molecule has 6 nitrogen and oxygen atoms in total. The average molecular weight is 451 g/mol. The predicted octanol–water partition coefficient (Wildman–Crippen LogP) is 4.33. The van der Waals surface area contributed by atoms with Gasteiger partial charge in [-0.25, -0.2) is 22.8 Å². The van der Waals surface area contributed by atoms with Gasteiger partial charge in [0.2, 0.25) is 10.0 Å². The summed E-state index contributed by atoms with van der Waals surface area (Å²) in [4.78, 5) is 4.39. The Kier molecular flexibility index (Phi) is 5.42. The minimum Gasteiger partial charge on any atom is -0.237 e. The van der Waals surface area contributed by atoms with E-state index < -0.39 is 15.6 Å². The van der Waals surface area contributed by atoms with Gasteiger partial charge in [-0.1, -0.05) is 35.3 Å². The molecule has 0 saturated heterocycles. The summed E-state index contributed by atoms with van der Waals surface area (Å²) in [6.07, 6.45) is 5.98. The van der Waals surface area contributed by atoms with Crippen LogP contribution in [0.5, 0.6) is 0 Å².